The van der Waals surface area contributed by atoms with Gasteiger partial charge in [0.1, 0.15) is 5.60 Å². The summed E-state index contributed by atoms with van der Waals surface area (Å²) < 4.78 is 10.3. The maximum Gasteiger partial charge on any atom is 0.410 e. The van der Waals surface area contributed by atoms with E-state index in [0.29, 0.717) is 19.6 Å². The molecule has 6 nitrogen and oxygen atoms in total. The highest BCUT2D eigenvalue weighted by molar-refractivity contribution is 5.75. The van der Waals surface area contributed by atoms with Crippen molar-refractivity contribution in [2.24, 2.45) is 11.7 Å². The molecule has 0 aromatic rings. The van der Waals surface area contributed by atoms with E-state index in [1.165, 1.54) is 4.90 Å². The molecule has 0 unspecified atom stereocenters. The lowest BCUT2D eigenvalue weighted by atomic mass is 9.93. The summed E-state index contributed by atoms with van der Waals surface area (Å²) in [6, 6.07) is -0.266. The first-order valence-corrected chi connectivity index (χ1v) is 6.64. The molecule has 1 aliphatic rings. The topological polar surface area (TPSA) is 81.9 Å². The number of rotatable bonds is 2. The zero-order valence-corrected chi connectivity index (χ0v) is 12.1. The van der Waals surface area contributed by atoms with Crippen molar-refractivity contribution in [2.45, 2.75) is 45.8 Å². The number of nitrogens with zero attached hydrogens (tertiary/aromatic N) is 1. The molecular weight excluding hydrogens is 248 g/mol. The molecule has 1 fully saturated rings. The van der Waals surface area contributed by atoms with Crippen molar-refractivity contribution < 1.29 is 19.1 Å². The first-order valence-electron chi connectivity index (χ1n) is 6.64. The van der Waals surface area contributed by atoms with Gasteiger partial charge < -0.3 is 20.1 Å². The van der Waals surface area contributed by atoms with Gasteiger partial charge in [-0.2, -0.15) is 0 Å². The van der Waals surface area contributed by atoms with Crippen molar-refractivity contribution >= 4 is 12.1 Å². The molecule has 1 heterocycles. The van der Waals surface area contributed by atoms with Gasteiger partial charge in [-0.3, -0.25) is 4.79 Å². The van der Waals surface area contributed by atoms with Crippen LogP contribution in [0.2, 0.25) is 0 Å². The van der Waals surface area contributed by atoms with Gasteiger partial charge in [0.2, 0.25) is 0 Å². The number of hydrogen-bond acceptors (Lipinski definition) is 5. The van der Waals surface area contributed by atoms with Gasteiger partial charge in [-0.15, -0.1) is 0 Å². The second kappa shape index (κ2) is 6.23. The number of likely N-dealkylation sites (tertiary alicyclic amines) is 1. The van der Waals surface area contributed by atoms with Gasteiger partial charge >= 0.3 is 12.1 Å². The maximum absolute atomic E-state index is 12.0. The van der Waals surface area contributed by atoms with Crippen LogP contribution in [-0.2, 0) is 14.3 Å². The van der Waals surface area contributed by atoms with Crippen molar-refractivity contribution in [1.29, 1.82) is 0 Å². The normalized spacial score (nSPS) is 23.9. The predicted octanol–water partition coefficient (Wildman–Crippen LogP) is 1.13. The van der Waals surface area contributed by atoms with Gasteiger partial charge in [-0.1, -0.05) is 0 Å². The molecule has 1 amide bonds. The third kappa shape index (κ3) is 4.70. The van der Waals surface area contributed by atoms with E-state index < -0.39 is 17.6 Å². The molecule has 2 N–H and O–H groups in total. The van der Waals surface area contributed by atoms with E-state index in [1.54, 1.807) is 6.92 Å². The highest BCUT2D eigenvalue weighted by Crippen LogP contribution is 2.19. The third-order valence-electron chi connectivity index (χ3n) is 2.91. The van der Waals surface area contributed by atoms with Crippen molar-refractivity contribution in [2.75, 3.05) is 19.7 Å². The summed E-state index contributed by atoms with van der Waals surface area (Å²) in [7, 11) is 0. The van der Waals surface area contributed by atoms with Gasteiger partial charge in [0.05, 0.1) is 12.5 Å². The summed E-state index contributed by atoms with van der Waals surface area (Å²) in [6.45, 7) is 8.25. The van der Waals surface area contributed by atoms with Crippen LogP contribution in [0, 0.1) is 5.92 Å². The molecule has 0 spiro atoms. The highest BCUT2D eigenvalue weighted by atomic mass is 16.6. The summed E-state index contributed by atoms with van der Waals surface area (Å²) in [5.74, 6) is -0.815. The van der Waals surface area contributed by atoms with Crippen molar-refractivity contribution in [3.8, 4) is 0 Å². The van der Waals surface area contributed by atoms with Crippen LogP contribution in [0.5, 0.6) is 0 Å². The average molecular weight is 272 g/mol. The summed E-state index contributed by atoms with van der Waals surface area (Å²) in [6.07, 6.45) is 0.164. The summed E-state index contributed by atoms with van der Waals surface area (Å²) in [5.41, 5.74) is 5.37. The van der Waals surface area contributed by atoms with Crippen LogP contribution >= 0.6 is 0 Å². The van der Waals surface area contributed by atoms with E-state index >= 15 is 0 Å². The lowest BCUT2D eigenvalue weighted by Gasteiger charge is -2.36. The molecule has 2 atom stereocenters. The zero-order chi connectivity index (χ0) is 14.6. The highest BCUT2D eigenvalue weighted by Gasteiger charge is 2.36. The number of piperidine rings is 1. The van der Waals surface area contributed by atoms with Crippen LogP contribution in [0.3, 0.4) is 0 Å². The Morgan fingerprint density at radius 2 is 2.00 bits per heavy atom. The minimum atomic E-state index is -0.546. The molecule has 0 aromatic carbocycles. The lowest BCUT2D eigenvalue weighted by molar-refractivity contribution is -0.150. The fourth-order valence-electron chi connectivity index (χ4n) is 1.96. The molecule has 0 bridgehead atoms. The minimum Gasteiger partial charge on any atom is -0.466 e. The Balaban J connectivity index is 2.63. The molecule has 1 aliphatic heterocycles. The number of amides is 1. The average Bonchev–Trinajstić information content (AvgIpc) is 2.27. The molecule has 0 radical (unpaired) electrons. The van der Waals surface area contributed by atoms with E-state index in [0.717, 1.165) is 0 Å². The molecule has 0 aliphatic carbocycles. The van der Waals surface area contributed by atoms with Crippen LogP contribution in [0.4, 0.5) is 4.79 Å². The number of carbonyl (C=O) groups is 2. The van der Waals surface area contributed by atoms with Crippen LogP contribution in [-0.4, -0.2) is 48.3 Å². The van der Waals surface area contributed by atoms with E-state index in [4.69, 9.17) is 15.2 Å². The van der Waals surface area contributed by atoms with Gasteiger partial charge in [0, 0.05) is 19.1 Å². The summed E-state index contributed by atoms with van der Waals surface area (Å²) in [4.78, 5) is 25.3. The number of carbonyl (C=O) groups excluding carboxylic acids is 2. The largest absolute Gasteiger partial charge is 0.466 e. The van der Waals surface area contributed by atoms with E-state index in [-0.39, 0.29) is 18.6 Å². The second-order valence-electron chi connectivity index (χ2n) is 5.74. The van der Waals surface area contributed by atoms with Gasteiger partial charge in [-0.25, -0.2) is 4.79 Å². The van der Waals surface area contributed by atoms with Crippen molar-refractivity contribution in [3.05, 3.63) is 0 Å². The maximum atomic E-state index is 12.0. The fourth-order valence-corrected chi connectivity index (χ4v) is 1.96. The molecule has 110 valence electrons. The Morgan fingerprint density at radius 1 is 1.37 bits per heavy atom. The van der Waals surface area contributed by atoms with Crippen LogP contribution in [0.1, 0.15) is 34.1 Å². The first-order chi connectivity index (χ1) is 8.74. The Kier molecular flexibility index (Phi) is 5.17. The lowest BCUT2D eigenvalue weighted by Crippen LogP contribution is -2.53. The molecule has 0 aromatic heterocycles. The Morgan fingerprint density at radius 3 is 2.53 bits per heavy atom. The molecular formula is C13H24N2O4. The summed E-state index contributed by atoms with van der Waals surface area (Å²) in [5, 5.41) is 0. The Bertz CT molecular complexity index is 338. The number of nitrogens with two attached hydrogens (primary N) is 1. The minimum absolute atomic E-state index is 0.259. The molecule has 6 heteroatoms. The van der Waals surface area contributed by atoms with Crippen LogP contribution in [0.25, 0.3) is 0 Å². The van der Waals surface area contributed by atoms with Crippen LogP contribution < -0.4 is 5.73 Å². The number of ether oxygens (including phenoxy) is 2. The second-order valence-corrected chi connectivity index (χ2v) is 5.74. The molecule has 0 saturated carbocycles. The Hall–Kier alpha value is -1.30. The summed E-state index contributed by atoms with van der Waals surface area (Å²) >= 11 is 0. The smallest absolute Gasteiger partial charge is 0.410 e. The van der Waals surface area contributed by atoms with Crippen molar-refractivity contribution in [3.63, 3.8) is 0 Å². The van der Waals surface area contributed by atoms with Crippen LogP contribution in [0.15, 0.2) is 0 Å². The number of esters is 1. The number of hydrogen-bond donors (Lipinski definition) is 1. The Labute approximate surface area is 114 Å². The quantitative estimate of drug-likeness (QED) is 0.762. The third-order valence-corrected chi connectivity index (χ3v) is 2.91. The fraction of sp³-hybridized carbons (Fsp3) is 0.846. The standard InChI is InChI=1S/C13H24N2O4/c1-5-18-11(16)9-8-15(7-6-10(9)14)12(17)19-13(2,3)4/h9-10H,5-8,14H2,1-4H3/t9-,10-/m0/s1. The monoisotopic (exact) mass is 272 g/mol. The van der Waals surface area contributed by atoms with Crippen molar-refractivity contribution in [1.82, 2.24) is 4.90 Å². The van der Waals surface area contributed by atoms with Gasteiger partial charge in [0.15, 0.2) is 0 Å². The predicted molar refractivity (Wildman–Crippen MR) is 70.5 cm³/mol. The van der Waals surface area contributed by atoms with E-state index in [9.17, 15) is 9.59 Å². The molecule has 19 heavy (non-hydrogen) atoms. The van der Waals surface area contributed by atoms with E-state index in [2.05, 4.69) is 0 Å². The SMILES string of the molecule is CCOC(=O)[C@H]1CN(C(=O)OC(C)(C)C)CC[C@@H]1N. The zero-order valence-electron chi connectivity index (χ0n) is 12.1. The van der Waals surface area contributed by atoms with E-state index in [1.807, 2.05) is 20.8 Å². The molecule has 1 rings (SSSR count). The first kappa shape index (κ1) is 15.8. The molecule has 1 saturated heterocycles. The van der Waals surface area contributed by atoms with Gasteiger partial charge in [0.25, 0.3) is 0 Å². The van der Waals surface area contributed by atoms with Gasteiger partial charge in [-0.05, 0) is 34.1 Å².